The summed E-state index contributed by atoms with van der Waals surface area (Å²) in [6.45, 7) is 2.82. The molecule has 3 rings (SSSR count). The molecule has 0 aliphatic carbocycles. The quantitative estimate of drug-likeness (QED) is 0.775. The van der Waals surface area contributed by atoms with Gasteiger partial charge in [-0.1, -0.05) is 61.5 Å². The number of benzene rings is 2. The van der Waals surface area contributed by atoms with Crippen LogP contribution >= 0.6 is 0 Å². The molecule has 2 unspecified atom stereocenters. The summed E-state index contributed by atoms with van der Waals surface area (Å²) in [5.41, 5.74) is 3.54. The topological polar surface area (TPSA) is 37.4 Å². The van der Waals surface area contributed by atoms with Crippen LogP contribution in [0.15, 0.2) is 54.6 Å². The van der Waals surface area contributed by atoms with Crippen LogP contribution in [0.1, 0.15) is 42.5 Å². The first-order valence-corrected chi connectivity index (χ1v) is 9.05. The summed E-state index contributed by atoms with van der Waals surface area (Å²) in [7, 11) is 0. The Hall–Kier alpha value is -2.42. The summed E-state index contributed by atoms with van der Waals surface area (Å²) in [6, 6.07) is 18.2. The lowest BCUT2D eigenvalue weighted by Crippen LogP contribution is -2.39. The van der Waals surface area contributed by atoms with E-state index in [0.29, 0.717) is 12.8 Å². The van der Waals surface area contributed by atoms with Gasteiger partial charge in [0, 0.05) is 13.0 Å². The smallest absolute Gasteiger partial charge is 0.227 e. The Kier molecular flexibility index (Phi) is 5.64. The van der Waals surface area contributed by atoms with Gasteiger partial charge in [-0.05, 0) is 35.4 Å². The molecule has 3 nitrogen and oxygen atoms in total. The fraction of sp³-hybridized carbons (Fsp3) is 0.364. The Morgan fingerprint density at radius 2 is 1.88 bits per heavy atom. The summed E-state index contributed by atoms with van der Waals surface area (Å²) in [5, 5.41) is 0. The number of rotatable bonds is 5. The molecule has 0 bridgehead atoms. The van der Waals surface area contributed by atoms with Gasteiger partial charge in [0.1, 0.15) is 6.29 Å². The number of hydrogen-bond acceptors (Lipinski definition) is 2. The second-order valence-corrected chi connectivity index (χ2v) is 6.88. The van der Waals surface area contributed by atoms with E-state index < -0.39 is 0 Å². The minimum absolute atomic E-state index is 0.0277. The highest BCUT2D eigenvalue weighted by molar-refractivity contribution is 5.79. The molecular weight excluding hydrogens is 310 g/mol. The zero-order valence-electron chi connectivity index (χ0n) is 14.7. The van der Waals surface area contributed by atoms with E-state index in [4.69, 9.17) is 0 Å². The molecule has 1 aliphatic heterocycles. The van der Waals surface area contributed by atoms with Crippen LogP contribution in [0.25, 0.3) is 0 Å². The predicted octanol–water partition coefficient (Wildman–Crippen LogP) is 3.97. The van der Waals surface area contributed by atoms with E-state index in [1.807, 2.05) is 41.3 Å². The van der Waals surface area contributed by atoms with Crippen molar-refractivity contribution in [1.82, 2.24) is 4.90 Å². The van der Waals surface area contributed by atoms with Gasteiger partial charge in [0.2, 0.25) is 5.91 Å². The van der Waals surface area contributed by atoms with E-state index in [1.165, 1.54) is 11.1 Å². The van der Waals surface area contributed by atoms with Gasteiger partial charge in [-0.25, -0.2) is 0 Å². The molecule has 1 heterocycles. The third kappa shape index (κ3) is 3.98. The molecule has 0 radical (unpaired) electrons. The number of aldehydes is 1. The molecule has 3 heteroatoms. The Balaban J connectivity index is 1.92. The van der Waals surface area contributed by atoms with E-state index >= 15 is 0 Å². The average molecular weight is 335 g/mol. The SMILES string of the molecule is CC(CC=O)C1c2ccccc2CCCN1C(=O)Cc1ccccc1. The molecule has 2 aromatic rings. The molecule has 130 valence electrons. The van der Waals surface area contributed by atoms with Gasteiger partial charge >= 0.3 is 0 Å². The van der Waals surface area contributed by atoms with Crippen LogP contribution in [-0.4, -0.2) is 23.6 Å². The third-order valence-corrected chi connectivity index (χ3v) is 5.08. The van der Waals surface area contributed by atoms with E-state index in [0.717, 1.165) is 31.2 Å². The van der Waals surface area contributed by atoms with Crippen LogP contribution in [0.2, 0.25) is 0 Å². The van der Waals surface area contributed by atoms with Gasteiger partial charge in [0.25, 0.3) is 0 Å². The first-order valence-electron chi connectivity index (χ1n) is 9.05. The van der Waals surface area contributed by atoms with E-state index in [1.54, 1.807) is 0 Å². The maximum Gasteiger partial charge on any atom is 0.227 e. The van der Waals surface area contributed by atoms with Crippen LogP contribution in [0, 0.1) is 5.92 Å². The van der Waals surface area contributed by atoms with Crippen LogP contribution in [0.4, 0.5) is 0 Å². The molecule has 0 spiro atoms. The van der Waals surface area contributed by atoms with Crippen molar-refractivity contribution in [3.05, 3.63) is 71.3 Å². The van der Waals surface area contributed by atoms with Crippen molar-refractivity contribution in [3.63, 3.8) is 0 Å². The molecular formula is C22H25NO2. The first kappa shape index (κ1) is 17.4. The normalized spacial score (nSPS) is 18.1. The van der Waals surface area contributed by atoms with Crippen LogP contribution in [0.5, 0.6) is 0 Å². The molecule has 1 amide bonds. The lowest BCUT2D eigenvalue weighted by atomic mass is 9.88. The van der Waals surface area contributed by atoms with Gasteiger partial charge in [0.05, 0.1) is 12.5 Å². The number of carbonyl (C=O) groups is 2. The van der Waals surface area contributed by atoms with Gasteiger partial charge in [0.15, 0.2) is 0 Å². The lowest BCUT2D eigenvalue weighted by Gasteiger charge is -2.35. The van der Waals surface area contributed by atoms with Gasteiger partial charge in [-0.3, -0.25) is 4.79 Å². The summed E-state index contributed by atoms with van der Waals surface area (Å²) in [6.07, 6.45) is 3.79. The zero-order chi connectivity index (χ0) is 17.6. The van der Waals surface area contributed by atoms with Crippen molar-refractivity contribution < 1.29 is 9.59 Å². The molecule has 1 aliphatic rings. The van der Waals surface area contributed by atoms with Crippen LogP contribution in [-0.2, 0) is 22.4 Å². The van der Waals surface area contributed by atoms with Crippen molar-refractivity contribution in [2.45, 2.75) is 38.6 Å². The number of amides is 1. The number of fused-ring (bicyclic) bond motifs is 1. The first-order chi connectivity index (χ1) is 12.2. The highest BCUT2D eigenvalue weighted by atomic mass is 16.2. The summed E-state index contributed by atoms with van der Waals surface area (Å²) >= 11 is 0. The highest BCUT2D eigenvalue weighted by Gasteiger charge is 2.32. The number of aryl methyl sites for hydroxylation is 1. The Morgan fingerprint density at radius 3 is 2.64 bits per heavy atom. The van der Waals surface area contributed by atoms with Gasteiger partial charge in [-0.2, -0.15) is 0 Å². The van der Waals surface area contributed by atoms with Crippen LogP contribution < -0.4 is 0 Å². The lowest BCUT2D eigenvalue weighted by molar-refractivity contribution is -0.134. The minimum Gasteiger partial charge on any atom is -0.335 e. The zero-order valence-corrected chi connectivity index (χ0v) is 14.7. The molecule has 0 fully saturated rings. The summed E-state index contributed by atoms with van der Waals surface area (Å²) in [5.74, 6) is 0.252. The molecule has 0 N–H and O–H groups in total. The highest BCUT2D eigenvalue weighted by Crippen LogP contribution is 2.36. The van der Waals surface area contributed by atoms with Gasteiger partial charge < -0.3 is 9.69 Å². The van der Waals surface area contributed by atoms with Crippen molar-refractivity contribution in [2.75, 3.05) is 6.54 Å². The average Bonchev–Trinajstić information content (AvgIpc) is 2.82. The van der Waals surface area contributed by atoms with Crippen molar-refractivity contribution in [1.29, 1.82) is 0 Å². The Bertz CT molecular complexity index is 726. The fourth-order valence-electron chi connectivity index (χ4n) is 3.84. The van der Waals surface area contributed by atoms with Crippen LogP contribution in [0.3, 0.4) is 0 Å². The predicted molar refractivity (Wildman–Crippen MR) is 99.2 cm³/mol. The number of hydrogen-bond donors (Lipinski definition) is 0. The second kappa shape index (κ2) is 8.11. The number of nitrogens with zero attached hydrogens (tertiary/aromatic N) is 1. The molecule has 0 saturated heterocycles. The molecule has 2 atom stereocenters. The van der Waals surface area contributed by atoms with Crippen molar-refractivity contribution in [3.8, 4) is 0 Å². The summed E-state index contributed by atoms with van der Waals surface area (Å²) in [4.78, 5) is 26.2. The third-order valence-electron chi connectivity index (χ3n) is 5.08. The molecule has 0 saturated carbocycles. The minimum atomic E-state index is -0.0277. The Labute approximate surface area is 149 Å². The maximum atomic E-state index is 13.1. The van der Waals surface area contributed by atoms with E-state index in [-0.39, 0.29) is 17.9 Å². The van der Waals surface area contributed by atoms with Gasteiger partial charge in [-0.15, -0.1) is 0 Å². The standard InChI is InChI=1S/C22H25NO2/c1-17(13-15-24)22-20-12-6-5-10-19(20)11-7-14-23(22)21(25)16-18-8-3-2-4-9-18/h2-6,8-10,12,15,17,22H,7,11,13-14,16H2,1H3. The molecule has 25 heavy (non-hydrogen) atoms. The maximum absolute atomic E-state index is 13.1. The monoisotopic (exact) mass is 335 g/mol. The largest absolute Gasteiger partial charge is 0.335 e. The van der Waals surface area contributed by atoms with Crippen molar-refractivity contribution in [2.24, 2.45) is 5.92 Å². The van der Waals surface area contributed by atoms with Crippen molar-refractivity contribution >= 4 is 12.2 Å². The molecule has 2 aromatic carbocycles. The second-order valence-electron chi connectivity index (χ2n) is 6.88. The van der Waals surface area contributed by atoms with E-state index in [2.05, 4.69) is 25.1 Å². The Morgan fingerprint density at radius 1 is 1.16 bits per heavy atom. The van der Waals surface area contributed by atoms with E-state index in [9.17, 15) is 9.59 Å². The molecule has 0 aromatic heterocycles. The number of carbonyl (C=O) groups excluding carboxylic acids is 2. The fourth-order valence-corrected chi connectivity index (χ4v) is 3.84. The summed E-state index contributed by atoms with van der Waals surface area (Å²) < 4.78 is 0.